The predicted octanol–water partition coefficient (Wildman–Crippen LogP) is 5.05. The SMILES string of the molecule is CCOc1c(/C=C2/SC(=Nc3cccc(SC)c3)N(C)C2=O)cccc1OC. The molecule has 146 valence electrons. The van der Waals surface area contributed by atoms with Gasteiger partial charge >= 0.3 is 0 Å². The van der Waals surface area contributed by atoms with Crippen molar-refractivity contribution < 1.29 is 14.3 Å². The number of amidine groups is 1. The summed E-state index contributed by atoms with van der Waals surface area (Å²) in [6.45, 7) is 2.43. The molecule has 3 rings (SSSR count). The molecule has 0 spiro atoms. The minimum atomic E-state index is -0.0879. The fourth-order valence-electron chi connectivity index (χ4n) is 2.69. The molecular formula is C21H22N2O3S2. The fourth-order valence-corrected chi connectivity index (χ4v) is 4.12. The van der Waals surface area contributed by atoms with Crippen LogP contribution in [-0.2, 0) is 4.79 Å². The van der Waals surface area contributed by atoms with Crippen LogP contribution in [0.4, 0.5) is 5.69 Å². The average Bonchev–Trinajstić information content (AvgIpc) is 2.97. The van der Waals surface area contributed by atoms with Gasteiger partial charge in [0.05, 0.1) is 24.3 Å². The van der Waals surface area contributed by atoms with Gasteiger partial charge in [0, 0.05) is 17.5 Å². The second-order valence-electron chi connectivity index (χ2n) is 5.88. The van der Waals surface area contributed by atoms with Gasteiger partial charge in [-0.25, -0.2) is 4.99 Å². The van der Waals surface area contributed by atoms with Gasteiger partial charge in [-0.15, -0.1) is 11.8 Å². The molecular weight excluding hydrogens is 392 g/mol. The first kappa shape index (κ1) is 20.4. The number of carbonyl (C=O) groups is 1. The highest BCUT2D eigenvalue weighted by molar-refractivity contribution is 8.18. The number of thioether (sulfide) groups is 2. The van der Waals surface area contributed by atoms with Crippen LogP contribution >= 0.6 is 23.5 Å². The van der Waals surface area contributed by atoms with Gasteiger partial charge in [0.2, 0.25) is 0 Å². The molecule has 0 aliphatic carbocycles. The van der Waals surface area contributed by atoms with Gasteiger partial charge in [-0.3, -0.25) is 9.69 Å². The Morgan fingerprint density at radius 1 is 1.25 bits per heavy atom. The number of methoxy groups -OCH3 is 1. The monoisotopic (exact) mass is 414 g/mol. The maximum atomic E-state index is 12.7. The number of rotatable bonds is 6. The third kappa shape index (κ3) is 4.36. The second kappa shape index (κ2) is 9.21. The summed E-state index contributed by atoms with van der Waals surface area (Å²) in [6, 6.07) is 13.6. The third-order valence-corrected chi connectivity index (χ3v) is 5.87. The van der Waals surface area contributed by atoms with Gasteiger partial charge < -0.3 is 9.47 Å². The van der Waals surface area contributed by atoms with Crippen molar-refractivity contribution in [2.75, 3.05) is 27.0 Å². The van der Waals surface area contributed by atoms with Crippen molar-refractivity contribution in [3.05, 3.63) is 52.9 Å². The Hall–Kier alpha value is -2.38. The number of hydrogen-bond acceptors (Lipinski definition) is 6. The van der Waals surface area contributed by atoms with Gasteiger partial charge in [0.1, 0.15) is 0 Å². The standard InChI is InChI=1S/C21H22N2O3S2/c1-5-26-19-14(8-6-11-17(19)25-3)12-18-20(24)23(2)21(28-18)22-15-9-7-10-16(13-15)27-4/h6-13H,5H2,1-4H3/b18-12+,22-21?. The quantitative estimate of drug-likeness (QED) is 0.489. The Balaban J connectivity index is 1.94. The molecule has 0 aromatic heterocycles. The maximum Gasteiger partial charge on any atom is 0.266 e. The third-order valence-electron chi connectivity index (χ3n) is 4.09. The summed E-state index contributed by atoms with van der Waals surface area (Å²) < 4.78 is 11.1. The lowest BCUT2D eigenvalue weighted by Gasteiger charge is -2.12. The predicted molar refractivity (Wildman–Crippen MR) is 118 cm³/mol. The van der Waals surface area contributed by atoms with E-state index in [4.69, 9.17) is 9.47 Å². The molecule has 1 amide bonds. The van der Waals surface area contributed by atoms with E-state index in [1.807, 2.05) is 61.7 Å². The zero-order valence-corrected chi connectivity index (χ0v) is 17.9. The number of amides is 1. The molecule has 0 unspecified atom stereocenters. The molecule has 7 heteroatoms. The molecule has 0 radical (unpaired) electrons. The zero-order valence-electron chi connectivity index (χ0n) is 16.3. The summed E-state index contributed by atoms with van der Waals surface area (Å²) in [6.07, 6.45) is 3.86. The average molecular weight is 415 g/mol. The molecule has 0 atom stereocenters. The Bertz CT molecular complexity index is 941. The van der Waals surface area contributed by atoms with Crippen LogP contribution in [0.1, 0.15) is 12.5 Å². The second-order valence-corrected chi connectivity index (χ2v) is 7.77. The fraction of sp³-hybridized carbons (Fsp3) is 0.238. The summed E-state index contributed by atoms with van der Waals surface area (Å²) in [5.74, 6) is 1.19. The van der Waals surface area contributed by atoms with Crippen molar-refractivity contribution in [1.29, 1.82) is 0 Å². The highest BCUT2D eigenvalue weighted by Gasteiger charge is 2.30. The van der Waals surface area contributed by atoms with Crippen molar-refractivity contribution in [1.82, 2.24) is 4.90 Å². The van der Waals surface area contributed by atoms with Crippen LogP contribution in [0.15, 0.2) is 57.3 Å². The van der Waals surface area contributed by atoms with Crippen LogP contribution in [0, 0.1) is 0 Å². The Kier molecular flexibility index (Phi) is 6.70. The van der Waals surface area contributed by atoms with Crippen LogP contribution < -0.4 is 9.47 Å². The van der Waals surface area contributed by atoms with E-state index in [1.165, 1.54) is 11.8 Å². The molecule has 1 aliphatic heterocycles. The number of likely N-dealkylation sites (N-methyl/N-ethyl adjacent to an activating group) is 1. The molecule has 0 saturated carbocycles. The highest BCUT2D eigenvalue weighted by Crippen LogP contribution is 2.37. The minimum absolute atomic E-state index is 0.0879. The number of benzene rings is 2. The smallest absolute Gasteiger partial charge is 0.266 e. The minimum Gasteiger partial charge on any atom is -0.493 e. The molecule has 1 aliphatic rings. The van der Waals surface area contributed by atoms with E-state index in [1.54, 1.807) is 30.8 Å². The lowest BCUT2D eigenvalue weighted by molar-refractivity contribution is -0.121. The van der Waals surface area contributed by atoms with Crippen molar-refractivity contribution in [3.63, 3.8) is 0 Å². The molecule has 0 bridgehead atoms. The number of carbonyl (C=O) groups excluding carboxylic acids is 1. The molecule has 5 nitrogen and oxygen atoms in total. The molecule has 1 saturated heterocycles. The van der Waals surface area contributed by atoms with Crippen molar-refractivity contribution in [2.24, 2.45) is 4.99 Å². The lowest BCUT2D eigenvalue weighted by atomic mass is 10.1. The summed E-state index contributed by atoms with van der Waals surface area (Å²) >= 11 is 3.02. The van der Waals surface area contributed by atoms with E-state index < -0.39 is 0 Å². The lowest BCUT2D eigenvalue weighted by Crippen LogP contribution is -2.23. The first-order chi connectivity index (χ1) is 13.6. The van der Waals surface area contributed by atoms with Crippen LogP contribution in [-0.4, -0.2) is 43.0 Å². The van der Waals surface area contributed by atoms with Crippen molar-refractivity contribution >= 4 is 46.4 Å². The molecule has 1 fully saturated rings. The van der Waals surface area contributed by atoms with E-state index in [0.717, 1.165) is 16.1 Å². The molecule has 2 aromatic carbocycles. The first-order valence-corrected chi connectivity index (χ1v) is 10.8. The van der Waals surface area contributed by atoms with E-state index in [2.05, 4.69) is 4.99 Å². The Labute approximate surface area is 173 Å². The topological polar surface area (TPSA) is 51.1 Å². The Morgan fingerprint density at radius 3 is 2.75 bits per heavy atom. The van der Waals surface area contributed by atoms with Gasteiger partial charge in [0.15, 0.2) is 16.7 Å². The normalized spacial score (nSPS) is 16.9. The van der Waals surface area contributed by atoms with E-state index in [9.17, 15) is 4.79 Å². The van der Waals surface area contributed by atoms with Gasteiger partial charge in [0.25, 0.3) is 5.91 Å². The largest absolute Gasteiger partial charge is 0.493 e. The molecule has 2 aromatic rings. The van der Waals surface area contributed by atoms with Crippen molar-refractivity contribution in [2.45, 2.75) is 11.8 Å². The first-order valence-electron chi connectivity index (χ1n) is 8.77. The van der Waals surface area contributed by atoms with Crippen LogP contribution in [0.3, 0.4) is 0 Å². The summed E-state index contributed by atoms with van der Waals surface area (Å²) in [5, 5.41) is 0.648. The number of nitrogens with zero attached hydrogens (tertiary/aromatic N) is 2. The van der Waals surface area contributed by atoms with Gasteiger partial charge in [-0.2, -0.15) is 0 Å². The number of para-hydroxylation sites is 1. The van der Waals surface area contributed by atoms with Gasteiger partial charge in [-0.1, -0.05) is 18.2 Å². The number of hydrogen-bond donors (Lipinski definition) is 0. The summed E-state index contributed by atoms with van der Waals surface area (Å²) in [4.78, 5) is 20.7. The van der Waals surface area contributed by atoms with Gasteiger partial charge in [-0.05, 0) is 55.3 Å². The summed E-state index contributed by atoms with van der Waals surface area (Å²) in [7, 11) is 3.34. The highest BCUT2D eigenvalue weighted by atomic mass is 32.2. The van der Waals surface area contributed by atoms with E-state index in [0.29, 0.717) is 28.2 Å². The van der Waals surface area contributed by atoms with E-state index >= 15 is 0 Å². The van der Waals surface area contributed by atoms with Crippen LogP contribution in [0.25, 0.3) is 6.08 Å². The zero-order chi connectivity index (χ0) is 20.1. The molecule has 0 N–H and O–H groups in total. The molecule has 28 heavy (non-hydrogen) atoms. The summed E-state index contributed by atoms with van der Waals surface area (Å²) in [5.41, 5.74) is 1.63. The Morgan fingerprint density at radius 2 is 2.04 bits per heavy atom. The number of ether oxygens (including phenoxy) is 2. The molecule has 1 heterocycles. The van der Waals surface area contributed by atoms with E-state index in [-0.39, 0.29) is 5.91 Å². The van der Waals surface area contributed by atoms with Crippen LogP contribution in [0.5, 0.6) is 11.5 Å². The maximum absolute atomic E-state index is 12.7. The van der Waals surface area contributed by atoms with Crippen LogP contribution in [0.2, 0.25) is 0 Å². The van der Waals surface area contributed by atoms with Crippen molar-refractivity contribution in [3.8, 4) is 11.5 Å². The number of aliphatic imine (C=N–C) groups is 1.